The average molecular weight is 310 g/mol. The number of rotatable bonds is 5. The van der Waals surface area contributed by atoms with E-state index in [2.05, 4.69) is 5.32 Å². The first kappa shape index (κ1) is 16.2. The Morgan fingerprint density at radius 2 is 2.27 bits per heavy atom. The van der Waals surface area contributed by atoms with E-state index in [1.165, 1.54) is 24.0 Å². The molecule has 120 valence electrons. The number of carbonyl (C=O) groups is 2. The quantitative estimate of drug-likeness (QED) is 0.810. The Hall–Kier alpha value is -2.15. The van der Waals surface area contributed by atoms with Crippen molar-refractivity contribution in [1.29, 1.82) is 0 Å². The summed E-state index contributed by atoms with van der Waals surface area (Å²) in [7, 11) is 0. The molecule has 1 atom stereocenters. The van der Waals surface area contributed by atoms with E-state index >= 15 is 0 Å². The Labute approximate surface area is 127 Å². The zero-order valence-corrected chi connectivity index (χ0v) is 12.3. The van der Waals surface area contributed by atoms with Crippen molar-refractivity contribution in [3.05, 3.63) is 29.6 Å². The van der Waals surface area contributed by atoms with Crippen LogP contribution in [-0.2, 0) is 0 Å². The Morgan fingerprint density at radius 3 is 2.91 bits per heavy atom. The van der Waals surface area contributed by atoms with Crippen LogP contribution in [0.25, 0.3) is 0 Å². The molecule has 0 aliphatic carbocycles. The van der Waals surface area contributed by atoms with Crippen LogP contribution in [0.15, 0.2) is 18.2 Å². The minimum absolute atomic E-state index is 0.00981. The lowest BCUT2D eigenvalue weighted by atomic mass is 10.1. The van der Waals surface area contributed by atoms with Crippen molar-refractivity contribution < 1.29 is 23.8 Å². The normalized spacial score (nSPS) is 18.1. The van der Waals surface area contributed by atoms with Crippen LogP contribution in [0.4, 0.5) is 9.18 Å². The maximum atomic E-state index is 13.8. The average Bonchev–Trinajstić information content (AvgIpc) is 2.49. The number of carboxylic acid groups (broad SMARTS) is 1. The molecule has 7 heteroatoms. The van der Waals surface area contributed by atoms with Crippen LogP contribution in [0.5, 0.6) is 5.75 Å². The second-order valence-electron chi connectivity index (χ2n) is 5.22. The van der Waals surface area contributed by atoms with Crippen molar-refractivity contribution in [3.63, 3.8) is 0 Å². The van der Waals surface area contributed by atoms with Gasteiger partial charge in [-0.25, -0.2) is 9.18 Å². The van der Waals surface area contributed by atoms with Crippen LogP contribution in [0.1, 0.15) is 23.7 Å². The van der Waals surface area contributed by atoms with Gasteiger partial charge in [-0.05, 0) is 31.5 Å². The molecule has 2 rings (SSSR count). The van der Waals surface area contributed by atoms with Crippen molar-refractivity contribution in [3.8, 4) is 5.75 Å². The number of ether oxygens (including phenoxy) is 1. The third-order valence-corrected chi connectivity index (χ3v) is 3.59. The number of hydrogen-bond acceptors (Lipinski definition) is 4. The van der Waals surface area contributed by atoms with Crippen LogP contribution in [0.2, 0.25) is 0 Å². The van der Waals surface area contributed by atoms with Crippen LogP contribution in [-0.4, -0.2) is 54.2 Å². The summed E-state index contributed by atoms with van der Waals surface area (Å²) >= 11 is 0. The van der Waals surface area contributed by atoms with Gasteiger partial charge in [-0.1, -0.05) is 0 Å². The number of nitrogens with zero attached hydrogens (tertiary/aromatic N) is 1. The lowest BCUT2D eigenvalue weighted by molar-refractivity contribution is 0.101. The van der Waals surface area contributed by atoms with Gasteiger partial charge in [-0.2, -0.15) is 0 Å². The molecule has 0 aromatic heterocycles. The molecule has 1 aromatic carbocycles. The minimum Gasteiger partial charge on any atom is -0.490 e. The van der Waals surface area contributed by atoms with Gasteiger partial charge in [0.05, 0.1) is 6.61 Å². The number of carbonyl (C=O) groups excluding carboxylic acids is 1. The number of Topliss-reactive ketones (excluding diaryl/α,β-unsaturated/α-hetero) is 1. The zero-order chi connectivity index (χ0) is 16.1. The van der Waals surface area contributed by atoms with E-state index < -0.39 is 11.9 Å². The maximum Gasteiger partial charge on any atom is 0.407 e. The van der Waals surface area contributed by atoms with Gasteiger partial charge in [0.15, 0.2) is 17.3 Å². The van der Waals surface area contributed by atoms with Crippen LogP contribution in [0.3, 0.4) is 0 Å². The van der Waals surface area contributed by atoms with Gasteiger partial charge in [0.1, 0.15) is 0 Å². The summed E-state index contributed by atoms with van der Waals surface area (Å²) in [6.45, 7) is 3.09. The van der Waals surface area contributed by atoms with E-state index in [1.54, 1.807) is 0 Å². The number of piperazine rings is 1. The molecule has 0 unspecified atom stereocenters. The molecule has 2 N–H and O–H groups in total. The molecule has 1 fully saturated rings. The van der Waals surface area contributed by atoms with Crippen LogP contribution >= 0.6 is 0 Å². The highest BCUT2D eigenvalue weighted by atomic mass is 19.1. The van der Waals surface area contributed by atoms with Crippen LogP contribution < -0.4 is 10.1 Å². The molecule has 6 nitrogen and oxygen atoms in total. The predicted molar refractivity (Wildman–Crippen MR) is 77.9 cm³/mol. The number of hydrogen-bond donors (Lipinski definition) is 2. The van der Waals surface area contributed by atoms with Crippen molar-refractivity contribution >= 4 is 11.9 Å². The van der Waals surface area contributed by atoms with Crippen molar-refractivity contribution in [2.24, 2.45) is 0 Å². The first-order valence-corrected chi connectivity index (χ1v) is 7.12. The molecule has 1 aliphatic rings. The fourth-order valence-electron chi connectivity index (χ4n) is 2.34. The number of halogens is 1. The first-order chi connectivity index (χ1) is 10.5. The molecular formula is C15H19FN2O4. The molecule has 0 bridgehead atoms. The lowest BCUT2D eigenvalue weighted by Crippen LogP contribution is -2.52. The molecule has 0 spiro atoms. The molecule has 1 aliphatic heterocycles. The fraction of sp³-hybridized carbons (Fsp3) is 0.467. The van der Waals surface area contributed by atoms with Gasteiger partial charge in [-0.15, -0.1) is 0 Å². The topological polar surface area (TPSA) is 78.9 Å². The van der Waals surface area contributed by atoms with E-state index in [9.17, 15) is 14.0 Å². The highest BCUT2D eigenvalue weighted by molar-refractivity contribution is 5.94. The predicted octanol–water partition coefficient (Wildman–Crippen LogP) is 1.75. The van der Waals surface area contributed by atoms with Gasteiger partial charge < -0.3 is 20.1 Å². The SMILES string of the molecule is CC(=O)c1ccc(OCC[C@@H]2CN(C(=O)O)CCN2)c(F)c1. The van der Waals surface area contributed by atoms with E-state index in [0.29, 0.717) is 31.6 Å². The van der Waals surface area contributed by atoms with Gasteiger partial charge in [-0.3, -0.25) is 4.79 Å². The van der Waals surface area contributed by atoms with E-state index in [1.807, 2.05) is 0 Å². The van der Waals surface area contributed by atoms with Gasteiger partial charge in [0, 0.05) is 31.2 Å². The summed E-state index contributed by atoms with van der Waals surface area (Å²) in [6, 6.07) is 4.10. The van der Waals surface area contributed by atoms with E-state index in [-0.39, 0.29) is 24.2 Å². The molecule has 1 aromatic rings. The summed E-state index contributed by atoms with van der Waals surface area (Å²) < 4.78 is 19.1. The van der Waals surface area contributed by atoms with E-state index in [4.69, 9.17) is 9.84 Å². The smallest absolute Gasteiger partial charge is 0.407 e. The summed E-state index contributed by atoms with van der Waals surface area (Å²) in [5.74, 6) is -0.682. The highest BCUT2D eigenvalue weighted by Crippen LogP contribution is 2.19. The molecule has 22 heavy (non-hydrogen) atoms. The highest BCUT2D eigenvalue weighted by Gasteiger charge is 2.22. The van der Waals surface area contributed by atoms with Crippen molar-refractivity contribution in [2.45, 2.75) is 19.4 Å². The molecule has 0 radical (unpaired) electrons. The summed E-state index contributed by atoms with van der Waals surface area (Å²) in [5, 5.41) is 12.2. The maximum absolute atomic E-state index is 13.8. The Bertz CT molecular complexity index is 564. The van der Waals surface area contributed by atoms with Gasteiger partial charge in [0.2, 0.25) is 0 Å². The fourth-order valence-corrected chi connectivity index (χ4v) is 2.34. The lowest BCUT2D eigenvalue weighted by Gasteiger charge is -2.31. The molecule has 1 amide bonds. The van der Waals surface area contributed by atoms with Crippen molar-refractivity contribution in [1.82, 2.24) is 10.2 Å². The molecule has 1 heterocycles. The molecular weight excluding hydrogens is 291 g/mol. The summed E-state index contributed by atoms with van der Waals surface area (Å²) in [6.07, 6.45) is -0.365. The summed E-state index contributed by atoms with van der Waals surface area (Å²) in [5.41, 5.74) is 0.302. The number of ketones is 1. The monoisotopic (exact) mass is 310 g/mol. The third-order valence-electron chi connectivity index (χ3n) is 3.59. The standard InChI is InChI=1S/C15H19FN2O4/c1-10(19)11-2-3-14(13(16)8-11)22-7-4-12-9-18(15(20)21)6-5-17-12/h2-3,8,12,17H,4-7,9H2,1H3,(H,20,21)/t12-/m1/s1. The number of nitrogens with one attached hydrogen (secondary N) is 1. The van der Waals surface area contributed by atoms with Crippen molar-refractivity contribution in [2.75, 3.05) is 26.2 Å². The van der Waals surface area contributed by atoms with Gasteiger partial charge in [0.25, 0.3) is 0 Å². The third kappa shape index (κ3) is 4.17. The Balaban J connectivity index is 1.83. The summed E-state index contributed by atoms with van der Waals surface area (Å²) in [4.78, 5) is 23.4. The second-order valence-corrected chi connectivity index (χ2v) is 5.22. The molecule has 1 saturated heterocycles. The van der Waals surface area contributed by atoms with E-state index in [0.717, 1.165) is 6.07 Å². The first-order valence-electron chi connectivity index (χ1n) is 7.12. The van der Waals surface area contributed by atoms with Gasteiger partial charge >= 0.3 is 6.09 Å². The Kier molecular flexibility index (Phi) is 5.32. The minimum atomic E-state index is -0.932. The van der Waals surface area contributed by atoms with Crippen LogP contribution in [0, 0.1) is 5.82 Å². The second kappa shape index (κ2) is 7.22. The Morgan fingerprint density at radius 1 is 1.50 bits per heavy atom. The largest absolute Gasteiger partial charge is 0.490 e. The number of benzene rings is 1. The molecule has 0 saturated carbocycles. The zero-order valence-electron chi connectivity index (χ0n) is 12.3. The number of amides is 1.